The highest BCUT2D eigenvalue weighted by molar-refractivity contribution is 7.90. The Labute approximate surface area is 189 Å². The molecule has 5 aliphatic rings. The SMILES string of the molecule is NC1NN2CC(F)CNC2C1C(=O)NC1CNCCC1C1CCN(S(=O)(=O)C2CC2)CC1. The van der Waals surface area contributed by atoms with E-state index in [1.165, 1.54) is 0 Å². The van der Waals surface area contributed by atoms with E-state index < -0.39 is 28.3 Å². The minimum Gasteiger partial charge on any atom is -0.351 e. The van der Waals surface area contributed by atoms with Crippen molar-refractivity contribution in [3.8, 4) is 0 Å². The second-order valence-electron chi connectivity index (χ2n) is 10.0. The molecule has 5 fully saturated rings. The van der Waals surface area contributed by atoms with Gasteiger partial charge < -0.3 is 16.4 Å². The molecular weight excluding hydrogens is 437 g/mol. The third-order valence-corrected chi connectivity index (χ3v) is 10.3. The van der Waals surface area contributed by atoms with Gasteiger partial charge in [-0.05, 0) is 50.5 Å². The van der Waals surface area contributed by atoms with Crippen molar-refractivity contribution >= 4 is 15.9 Å². The van der Waals surface area contributed by atoms with Gasteiger partial charge in [0.15, 0.2) is 0 Å². The molecule has 10 nitrogen and oxygen atoms in total. The Balaban J connectivity index is 1.20. The molecule has 1 amide bonds. The van der Waals surface area contributed by atoms with Gasteiger partial charge in [0.2, 0.25) is 15.9 Å². The molecule has 6 atom stereocenters. The van der Waals surface area contributed by atoms with Crippen LogP contribution in [0, 0.1) is 17.8 Å². The molecule has 0 aromatic rings. The van der Waals surface area contributed by atoms with Crippen LogP contribution >= 0.6 is 0 Å². The van der Waals surface area contributed by atoms with E-state index in [0.29, 0.717) is 31.5 Å². The van der Waals surface area contributed by atoms with E-state index in [-0.39, 0.29) is 36.5 Å². The minimum atomic E-state index is -3.12. The maximum absolute atomic E-state index is 13.7. The van der Waals surface area contributed by atoms with Gasteiger partial charge in [0.05, 0.1) is 23.5 Å². The number of carbonyl (C=O) groups excluding carboxylic acids is 1. The molecule has 32 heavy (non-hydrogen) atoms. The number of nitrogens with one attached hydrogen (secondary N) is 4. The van der Waals surface area contributed by atoms with Crippen LogP contribution in [0.4, 0.5) is 4.39 Å². The first-order valence-corrected chi connectivity index (χ1v) is 13.5. The van der Waals surface area contributed by atoms with Crippen molar-refractivity contribution in [3.63, 3.8) is 0 Å². The number of amides is 1. The molecule has 4 heterocycles. The molecule has 0 aromatic carbocycles. The zero-order chi connectivity index (χ0) is 22.5. The van der Waals surface area contributed by atoms with E-state index in [4.69, 9.17) is 5.73 Å². The molecule has 1 saturated carbocycles. The zero-order valence-electron chi connectivity index (χ0n) is 18.4. The van der Waals surface area contributed by atoms with Gasteiger partial charge in [-0.25, -0.2) is 27.5 Å². The number of sulfonamides is 1. The van der Waals surface area contributed by atoms with Crippen molar-refractivity contribution < 1.29 is 17.6 Å². The van der Waals surface area contributed by atoms with Crippen LogP contribution in [0.1, 0.15) is 32.1 Å². The van der Waals surface area contributed by atoms with E-state index in [1.807, 2.05) is 0 Å². The Morgan fingerprint density at radius 3 is 2.56 bits per heavy atom. The van der Waals surface area contributed by atoms with Crippen LogP contribution in [-0.4, -0.2) is 92.7 Å². The summed E-state index contributed by atoms with van der Waals surface area (Å²) in [5.74, 6) is 0.0765. The van der Waals surface area contributed by atoms with Crippen LogP contribution in [0.2, 0.25) is 0 Å². The third kappa shape index (κ3) is 4.42. The molecule has 6 unspecified atom stereocenters. The smallest absolute Gasteiger partial charge is 0.229 e. The highest BCUT2D eigenvalue weighted by Crippen LogP contribution is 2.36. The minimum absolute atomic E-state index is 0.0217. The normalized spacial score (nSPS) is 40.2. The predicted octanol–water partition coefficient (Wildman–Crippen LogP) is -1.73. The molecule has 0 bridgehead atoms. The zero-order valence-corrected chi connectivity index (χ0v) is 19.2. The Hall–Kier alpha value is -0.890. The second-order valence-corrected chi connectivity index (χ2v) is 12.2. The van der Waals surface area contributed by atoms with Gasteiger partial charge in [0, 0.05) is 38.8 Å². The molecule has 0 radical (unpaired) electrons. The lowest BCUT2D eigenvalue weighted by Gasteiger charge is -2.42. The van der Waals surface area contributed by atoms with Crippen LogP contribution in [0.5, 0.6) is 0 Å². The summed E-state index contributed by atoms with van der Waals surface area (Å²) in [5.41, 5.74) is 9.23. The van der Waals surface area contributed by atoms with Crippen LogP contribution in [0.15, 0.2) is 0 Å². The maximum Gasteiger partial charge on any atom is 0.229 e. The van der Waals surface area contributed by atoms with Crippen LogP contribution in [-0.2, 0) is 14.8 Å². The largest absolute Gasteiger partial charge is 0.351 e. The molecule has 4 aliphatic heterocycles. The van der Waals surface area contributed by atoms with Gasteiger partial charge in [0.25, 0.3) is 0 Å². The summed E-state index contributed by atoms with van der Waals surface area (Å²) in [6.45, 7) is 3.19. The van der Waals surface area contributed by atoms with Gasteiger partial charge >= 0.3 is 0 Å². The van der Waals surface area contributed by atoms with E-state index in [1.54, 1.807) is 9.31 Å². The molecular formula is C20H36FN7O3S. The number of alkyl halides is 1. The molecule has 4 saturated heterocycles. The fourth-order valence-corrected chi connectivity index (χ4v) is 7.87. The summed E-state index contributed by atoms with van der Waals surface area (Å²) in [6, 6.07) is -0.0217. The Morgan fingerprint density at radius 2 is 1.84 bits per heavy atom. The quantitative estimate of drug-likeness (QED) is 0.318. The number of carbonyl (C=O) groups is 1. The average molecular weight is 474 g/mol. The maximum atomic E-state index is 13.7. The number of halogens is 1. The van der Waals surface area contributed by atoms with Crippen molar-refractivity contribution in [3.05, 3.63) is 0 Å². The summed E-state index contributed by atoms with van der Waals surface area (Å²) in [7, 11) is -3.12. The monoisotopic (exact) mass is 473 g/mol. The fourth-order valence-electron chi connectivity index (χ4n) is 5.99. The van der Waals surface area contributed by atoms with Crippen LogP contribution < -0.4 is 27.1 Å². The Morgan fingerprint density at radius 1 is 1.09 bits per heavy atom. The highest BCUT2D eigenvalue weighted by Gasteiger charge is 2.48. The molecule has 0 spiro atoms. The Kier molecular flexibility index (Phi) is 6.47. The summed E-state index contributed by atoms with van der Waals surface area (Å²) >= 11 is 0. The van der Waals surface area contributed by atoms with Gasteiger partial charge in [-0.2, -0.15) is 0 Å². The van der Waals surface area contributed by atoms with E-state index in [0.717, 1.165) is 38.6 Å². The third-order valence-electron chi connectivity index (χ3n) is 7.90. The summed E-state index contributed by atoms with van der Waals surface area (Å²) < 4.78 is 40.5. The van der Waals surface area contributed by atoms with E-state index in [9.17, 15) is 17.6 Å². The fraction of sp³-hybridized carbons (Fsp3) is 0.950. The molecule has 1 aliphatic carbocycles. The summed E-state index contributed by atoms with van der Waals surface area (Å²) in [4.78, 5) is 13.2. The molecule has 6 N–H and O–H groups in total. The van der Waals surface area contributed by atoms with Gasteiger partial charge in [-0.3, -0.25) is 10.1 Å². The molecule has 12 heteroatoms. The number of nitrogens with two attached hydrogens (primary N) is 1. The van der Waals surface area contributed by atoms with Gasteiger partial charge in [-0.15, -0.1) is 0 Å². The molecule has 182 valence electrons. The van der Waals surface area contributed by atoms with E-state index in [2.05, 4.69) is 21.4 Å². The average Bonchev–Trinajstić information content (AvgIpc) is 3.58. The van der Waals surface area contributed by atoms with Crippen molar-refractivity contribution in [1.82, 2.24) is 30.7 Å². The first kappa shape index (κ1) is 22.9. The lowest BCUT2D eigenvalue weighted by molar-refractivity contribution is -0.128. The first-order chi connectivity index (χ1) is 15.3. The van der Waals surface area contributed by atoms with Crippen molar-refractivity contribution in [1.29, 1.82) is 0 Å². The lowest BCUT2D eigenvalue weighted by Crippen LogP contribution is -2.61. The highest BCUT2D eigenvalue weighted by atomic mass is 32.2. The Bertz CT molecular complexity index is 805. The second kappa shape index (κ2) is 9.05. The number of fused-ring (bicyclic) bond motifs is 1. The summed E-state index contributed by atoms with van der Waals surface area (Å²) in [5, 5.41) is 11.3. The number of hydrogen-bond donors (Lipinski definition) is 5. The number of piperidine rings is 2. The number of hydrogen-bond acceptors (Lipinski definition) is 8. The van der Waals surface area contributed by atoms with Crippen LogP contribution in [0.3, 0.4) is 0 Å². The first-order valence-electron chi connectivity index (χ1n) is 12.0. The molecule has 5 rings (SSSR count). The van der Waals surface area contributed by atoms with Crippen molar-refractivity contribution in [2.75, 3.05) is 39.3 Å². The van der Waals surface area contributed by atoms with Crippen molar-refractivity contribution in [2.45, 2.75) is 61.9 Å². The van der Waals surface area contributed by atoms with Crippen LogP contribution in [0.25, 0.3) is 0 Å². The van der Waals surface area contributed by atoms with E-state index >= 15 is 0 Å². The number of rotatable bonds is 5. The predicted molar refractivity (Wildman–Crippen MR) is 117 cm³/mol. The topological polar surface area (TPSA) is 132 Å². The molecule has 0 aromatic heterocycles. The number of nitrogens with zero attached hydrogens (tertiary/aromatic N) is 2. The standard InChI is InChI=1S/C20H36FN7O3S/c21-13-9-24-19-17(18(22)26-28(19)11-13)20(29)25-16-10-23-6-3-15(16)12-4-7-27(8-5-12)32(30,31)14-1-2-14/h12-19,23-24,26H,1-11,22H2,(H,25,29). The lowest BCUT2D eigenvalue weighted by atomic mass is 9.76. The van der Waals surface area contributed by atoms with Crippen molar-refractivity contribution in [2.24, 2.45) is 23.5 Å². The summed E-state index contributed by atoms with van der Waals surface area (Å²) in [6.07, 6.45) is 2.34. The number of hydrazine groups is 1. The van der Waals surface area contributed by atoms with Gasteiger partial charge in [0.1, 0.15) is 6.17 Å². The van der Waals surface area contributed by atoms with Gasteiger partial charge in [-0.1, -0.05) is 0 Å².